The van der Waals surface area contributed by atoms with Crippen LogP contribution in [-0.4, -0.2) is 19.4 Å². The first kappa shape index (κ1) is 10.8. The van der Waals surface area contributed by atoms with Crippen molar-refractivity contribution >= 4 is 5.97 Å². The first-order chi connectivity index (χ1) is 7.81. The number of benzene rings is 1. The molecule has 0 saturated heterocycles. The van der Waals surface area contributed by atoms with Crippen LogP contribution in [0.3, 0.4) is 0 Å². The Morgan fingerprint density at radius 3 is 3.12 bits per heavy atom. The molecule has 16 heavy (non-hydrogen) atoms. The summed E-state index contributed by atoms with van der Waals surface area (Å²) in [6, 6.07) is 5.69. The van der Waals surface area contributed by atoms with E-state index >= 15 is 0 Å². The van der Waals surface area contributed by atoms with E-state index in [9.17, 15) is 4.79 Å². The Kier molecular flexibility index (Phi) is 3.29. The van der Waals surface area contributed by atoms with Crippen molar-refractivity contribution in [2.75, 3.05) is 13.4 Å². The molecule has 2 rings (SSSR count). The van der Waals surface area contributed by atoms with Gasteiger partial charge in [-0.15, -0.1) is 0 Å². The lowest BCUT2D eigenvalue weighted by Crippen LogP contribution is -2.05. The van der Waals surface area contributed by atoms with E-state index in [0.717, 1.165) is 17.1 Å². The number of aryl methyl sites for hydroxylation is 1. The molecule has 0 amide bonds. The van der Waals surface area contributed by atoms with E-state index in [1.807, 2.05) is 18.2 Å². The second-order valence-electron chi connectivity index (χ2n) is 3.46. The van der Waals surface area contributed by atoms with E-state index in [0.29, 0.717) is 19.4 Å². The third-order valence-corrected chi connectivity index (χ3v) is 2.38. The van der Waals surface area contributed by atoms with E-state index < -0.39 is 0 Å². The fraction of sp³-hybridized carbons (Fsp3) is 0.417. The van der Waals surface area contributed by atoms with Crippen molar-refractivity contribution in [3.05, 3.63) is 23.8 Å². The summed E-state index contributed by atoms with van der Waals surface area (Å²) < 4.78 is 15.5. The Hall–Kier alpha value is -1.71. The Bertz CT molecular complexity index is 387. The molecule has 0 bridgehead atoms. The number of carbonyl (C=O) groups excluding carboxylic acids is 1. The first-order valence-corrected chi connectivity index (χ1v) is 5.34. The van der Waals surface area contributed by atoms with Gasteiger partial charge in [0.25, 0.3) is 0 Å². The molecular formula is C12H14O4. The van der Waals surface area contributed by atoms with Crippen LogP contribution in [0.1, 0.15) is 18.9 Å². The van der Waals surface area contributed by atoms with Gasteiger partial charge in [-0.2, -0.15) is 0 Å². The minimum atomic E-state index is -0.181. The number of rotatable bonds is 4. The van der Waals surface area contributed by atoms with E-state index in [2.05, 4.69) is 0 Å². The van der Waals surface area contributed by atoms with Gasteiger partial charge in [0.05, 0.1) is 6.61 Å². The zero-order chi connectivity index (χ0) is 11.4. The lowest BCUT2D eigenvalue weighted by Gasteiger charge is -2.05. The van der Waals surface area contributed by atoms with E-state index in [1.54, 1.807) is 6.92 Å². The van der Waals surface area contributed by atoms with Gasteiger partial charge in [0.2, 0.25) is 6.79 Å². The Morgan fingerprint density at radius 1 is 1.44 bits per heavy atom. The Morgan fingerprint density at radius 2 is 2.31 bits per heavy atom. The second kappa shape index (κ2) is 4.88. The predicted molar refractivity (Wildman–Crippen MR) is 57.5 cm³/mol. The average molecular weight is 222 g/mol. The summed E-state index contributed by atoms with van der Waals surface area (Å²) in [6.45, 7) is 2.48. The molecular weight excluding hydrogens is 208 g/mol. The van der Waals surface area contributed by atoms with Crippen LogP contribution in [0, 0.1) is 0 Å². The molecule has 0 radical (unpaired) electrons. The van der Waals surface area contributed by atoms with Gasteiger partial charge in [0.15, 0.2) is 11.5 Å². The molecule has 4 nitrogen and oxygen atoms in total. The third kappa shape index (κ3) is 2.27. The molecule has 0 fully saturated rings. The minimum Gasteiger partial charge on any atom is -0.466 e. The number of carbonyl (C=O) groups is 1. The van der Waals surface area contributed by atoms with Gasteiger partial charge in [0, 0.05) is 6.42 Å². The van der Waals surface area contributed by atoms with Crippen molar-refractivity contribution in [3.8, 4) is 11.5 Å². The smallest absolute Gasteiger partial charge is 0.306 e. The minimum absolute atomic E-state index is 0.181. The highest BCUT2D eigenvalue weighted by Gasteiger charge is 2.17. The van der Waals surface area contributed by atoms with Crippen LogP contribution in [0.4, 0.5) is 0 Å². The summed E-state index contributed by atoms with van der Waals surface area (Å²) in [6.07, 6.45) is 0.985. The highest BCUT2D eigenvalue weighted by atomic mass is 16.7. The summed E-state index contributed by atoms with van der Waals surface area (Å²) in [5, 5.41) is 0. The van der Waals surface area contributed by atoms with Crippen molar-refractivity contribution in [2.24, 2.45) is 0 Å². The van der Waals surface area contributed by atoms with E-state index in [4.69, 9.17) is 14.2 Å². The van der Waals surface area contributed by atoms with Gasteiger partial charge >= 0.3 is 5.97 Å². The third-order valence-electron chi connectivity index (χ3n) is 2.38. The van der Waals surface area contributed by atoms with Crippen molar-refractivity contribution in [3.63, 3.8) is 0 Å². The summed E-state index contributed by atoms with van der Waals surface area (Å²) in [5.41, 5.74) is 0.989. The molecule has 1 aromatic carbocycles. The molecule has 1 aliphatic heterocycles. The molecule has 0 saturated carbocycles. The molecule has 0 N–H and O–H groups in total. The maximum atomic E-state index is 11.2. The normalized spacial score (nSPS) is 12.6. The van der Waals surface area contributed by atoms with Gasteiger partial charge in [-0.25, -0.2) is 0 Å². The SMILES string of the molecule is CCOC(=O)CCc1cccc2c1OCO2. The van der Waals surface area contributed by atoms with Crippen molar-refractivity contribution in [1.29, 1.82) is 0 Å². The highest BCUT2D eigenvalue weighted by molar-refractivity contribution is 5.70. The lowest BCUT2D eigenvalue weighted by molar-refractivity contribution is -0.143. The summed E-state index contributed by atoms with van der Waals surface area (Å²) in [4.78, 5) is 11.2. The molecule has 0 spiro atoms. The van der Waals surface area contributed by atoms with Gasteiger partial charge in [-0.05, 0) is 25.0 Å². The van der Waals surface area contributed by atoms with E-state index in [-0.39, 0.29) is 12.8 Å². The maximum absolute atomic E-state index is 11.2. The molecule has 86 valence electrons. The molecule has 1 aromatic rings. The quantitative estimate of drug-likeness (QED) is 0.730. The molecule has 0 aliphatic carbocycles. The van der Waals surface area contributed by atoms with Crippen molar-refractivity contribution in [2.45, 2.75) is 19.8 Å². The number of ether oxygens (including phenoxy) is 3. The van der Waals surface area contributed by atoms with Gasteiger partial charge < -0.3 is 14.2 Å². The lowest BCUT2D eigenvalue weighted by atomic mass is 10.1. The maximum Gasteiger partial charge on any atom is 0.306 e. The number of hydrogen-bond donors (Lipinski definition) is 0. The largest absolute Gasteiger partial charge is 0.466 e. The topological polar surface area (TPSA) is 44.8 Å². The van der Waals surface area contributed by atoms with Crippen LogP contribution in [0.2, 0.25) is 0 Å². The molecule has 1 aliphatic rings. The molecule has 4 heteroatoms. The van der Waals surface area contributed by atoms with Crippen LogP contribution in [0.25, 0.3) is 0 Å². The average Bonchev–Trinajstić information content (AvgIpc) is 2.75. The predicted octanol–water partition coefficient (Wildman–Crippen LogP) is 1.91. The first-order valence-electron chi connectivity index (χ1n) is 5.34. The molecule has 0 unspecified atom stereocenters. The fourth-order valence-corrected chi connectivity index (χ4v) is 1.66. The zero-order valence-corrected chi connectivity index (χ0v) is 9.19. The Balaban J connectivity index is 2.00. The Labute approximate surface area is 94.1 Å². The monoisotopic (exact) mass is 222 g/mol. The standard InChI is InChI=1S/C12H14O4/c1-2-14-11(13)7-6-9-4-3-5-10-12(9)16-8-15-10/h3-5H,2,6-8H2,1H3. The summed E-state index contributed by atoms with van der Waals surface area (Å²) >= 11 is 0. The molecule has 1 heterocycles. The second-order valence-corrected chi connectivity index (χ2v) is 3.46. The van der Waals surface area contributed by atoms with Gasteiger partial charge in [-0.3, -0.25) is 4.79 Å². The van der Waals surface area contributed by atoms with Gasteiger partial charge in [-0.1, -0.05) is 12.1 Å². The molecule has 0 atom stereocenters. The molecule has 0 aromatic heterocycles. The van der Waals surface area contributed by atoms with Crippen LogP contribution in [-0.2, 0) is 16.0 Å². The fourth-order valence-electron chi connectivity index (χ4n) is 1.66. The number of para-hydroxylation sites is 1. The zero-order valence-electron chi connectivity index (χ0n) is 9.19. The number of fused-ring (bicyclic) bond motifs is 1. The van der Waals surface area contributed by atoms with Crippen LogP contribution in [0.15, 0.2) is 18.2 Å². The number of esters is 1. The highest BCUT2D eigenvalue weighted by Crippen LogP contribution is 2.35. The van der Waals surface area contributed by atoms with E-state index in [1.165, 1.54) is 0 Å². The van der Waals surface area contributed by atoms with Crippen LogP contribution < -0.4 is 9.47 Å². The summed E-state index contributed by atoms with van der Waals surface area (Å²) in [5.74, 6) is 1.33. The van der Waals surface area contributed by atoms with Crippen molar-refractivity contribution < 1.29 is 19.0 Å². The summed E-state index contributed by atoms with van der Waals surface area (Å²) in [7, 11) is 0. The van der Waals surface area contributed by atoms with Gasteiger partial charge in [0.1, 0.15) is 0 Å². The van der Waals surface area contributed by atoms with Crippen LogP contribution in [0.5, 0.6) is 11.5 Å². The van der Waals surface area contributed by atoms with Crippen LogP contribution >= 0.6 is 0 Å². The number of hydrogen-bond acceptors (Lipinski definition) is 4. The van der Waals surface area contributed by atoms with Crippen molar-refractivity contribution in [1.82, 2.24) is 0 Å².